The van der Waals surface area contributed by atoms with Crippen LogP contribution in [0, 0.1) is 24.3 Å². The Labute approximate surface area is 272 Å². The molecule has 1 N–H and O–H groups in total. The minimum absolute atomic E-state index is 0.107. The highest BCUT2D eigenvalue weighted by atomic mass is 127. The van der Waals surface area contributed by atoms with Crippen molar-refractivity contribution in [3.8, 4) is 5.75 Å². The average Bonchev–Trinajstić information content (AvgIpc) is 3.30. The summed E-state index contributed by atoms with van der Waals surface area (Å²) in [7, 11) is 0. The molecular formula is C33H31FI2N2O2S. The Morgan fingerprint density at radius 2 is 1.85 bits per heavy atom. The monoisotopic (exact) mass is 792 g/mol. The van der Waals surface area contributed by atoms with E-state index in [1.165, 1.54) is 10.9 Å². The van der Waals surface area contributed by atoms with Gasteiger partial charge in [0.15, 0.2) is 0 Å². The highest BCUT2D eigenvalue weighted by molar-refractivity contribution is 14.1. The van der Waals surface area contributed by atoms with Crippen LogP contribution in [-0.4, -0.2) is 12.1 Å². The van der Waals surface area contributed by atoms with Gasteiger partial charge in [0.2, 0.25) is 0 Å². The number of ether oxygens (including phenoxy) is 1. The van der Waals surface area contributed by atoms with Crippen molar-refractivity contribution in [2.24, 2.45) is 16.3 Å². The summed E-state index contributed by atoms with van der Waals surface area (Å²) in [6, 6.07) is 20.2. The zero-order chi connectivity index (χ0) is 29.1. The molecule has 1 heterocycles. The molecule has 5 rings (SSSR count). The molecule has 0 unspecified atom stereocenters. The van der Waals surface area contributed by atoms with Gasteiger partial charge < -0.3 is 10.1 Å². The first-order valence-corrected chi connectivity index (χ1v) is 16.5. The van der Waals surface area contributed by atoms with Crippen molar-refractivity contribution in [2.75, 3.05) is 5.32 Å². The van der Waals surface area contributed by atoms with E-state index in [-0.39, 0.29) is 23.7 Å². The van der Waals surface area contributed by atoms with Crippen LogP contribution >= 0.6 is 56.5 Å². The van der Waals surface area contributed by atoms with Gasteiger partial charge in [-0.2, -0.15) is 0 Å². The Morgan fingerprint density at radius 1 is 1.12 bits per heavy atom. The number of benzene rings is 3. The number of fused-ring (bicyclic) bond motifs is 1. The smallest absolute Gasteiger partial charge is 0.259 e. The predicted molar refractivity (Wildman–Crippen MR) is 184 cm³/mol. The van der Waals surface area contributed by atoms with E-state index in [0.717, 1.165) is 43.2 Å². The molecule has 0 bridgehead atoms. The SMILES string of the molecule is CC(C)(C)[C@H]1CCc2c(sc(N=Cc3cc(I)cc(I)c3OCc3ccccc3F)c2C(=O)Nc2ccccc2)C1. The van der Waals surface area contributed by atoms with E-state index in [0.29, 0.717) is 27.8 Å². The summed E-state index contributed by atoms with van der Waals surface area (Å²) < 4.78 is 22.4. The Kier molecular flexibility index (Phi) is 9.50. The quantitative estimate of drug-likeness (QED) is 0.150. The molecular weight excluding hydrogens is 761 g/mol. The summed E-state index contributed by atoms with van der Waals surface area (Å²) in [4.78, 5) is 19.8. The molecule has 1 aliphatic carbocycles. The molecule has 4 nitrogen and oxygen atoms in total. The van der Waals surface area contributed by atoms with Gasteiger partial charge in [0, 0.05) is 31.5 Å². The minimum Gasteiger partial charge on any atom is -0.487 e. The number of para-hydroxylation sites is 1. The number of hydrogen-bond donors (Lipinski definition) is 1. The van der Waals surface area contributed by atoms with Crippen molar-refractivity contribution in [3.63, 3.8) is 0 Å². The summed E-state index contributed by atoms with van der Waals surface area (Å²) in [5.74, 6) is 0.756. The van der Waals surface area contributed by atoms with Gasteiger partial charge in [-0.05, 0) is 112 Å². The Bertz CT molecular complexity index is 1600. The molecule has 0 saturated carbocycles. The standard InChI is InChI=1S/C33H31FI2N2O2S/c1-33(2,3)22-13-14-25-28(16-22)41-32(29(25)31(39)38-24-10-5-4-6-11-24)37-18-21-15-23(35)17-27(36)30(21)40-19-20-9-7-8-12-26(20)34/h4-12,15,17-18,22H,13-14,16,19H2,1-3H3,(H,38,39)/t22-/m0/s1. The van der Waals surface area contributed by atoms with Crippen LogP contribution in [0.2, 0.25) is 0 Å². The molecule has 1 atom stereocenters. The Balaban J connectivity index is 1.50. The van der Waals surface area contributed by atoms with Gasteiger partial charge in [-0.15, -0.1) is 11.3 Å². The van der Waals surface area contributed by atoms with Crippen molar-refractivity contribution in [2.45, 2.75) is 46.6 Å². The molecule has 1 aliphatic rings. The predicted octanol–water partition coefficient (Wildman–Crippen LogP) is 9.83. The third-order valence-electron chi connectivity index (χ3n) is 7.42. The molecule has 41 heavy (non-hydrogen) atoms. The van der Waals surface area contributed by atoms with Crippen LogP contribution in [-0.2, 0) is 19.4 Å². The van der Waals surface area contributed by atoms with Gasteiger partial charge in [-0.3, -0.25) is 4.79 Å². The second-order valence-electron chi connectivity index (χ2n) is 11.3. The lowest BCUT2D eigenvalue weighted by Gasteiger charge is -2.33. The van der Waals surface area contributed by atoms with Crippen LogP contribution < -0.4 is 10.1 Å². The van der Waals surface area contributed by atoms with Gasteiger partial charge in [0.25, 0.3) is 5.91 Å². The number of nitrogens with one attached hydrogen (secondary N) is 1. The van der Waals surface area contributed by atoms with Crippen molar-refractivity contribution < 1.29 is 13.9 Å². The molecule has 0 spiro atoms. The molecule has 0 radical (unpaired) electrons. The molecule has 8 heteroatoms. The maximum atomic E-state index is 14.3. The maximum absolute atomic E-state index is 14.3. The number of carbonyl (C=O) groups is 1. The van der Waals surface area contributed by atoms with Crippen LogP contribution in [0.5, 0.6) is 5.75 Å². The fourth-order valence-corrected chi connectivity index (χ4v) is 8.39. The normalized spacial score (nSPS) is 15.1. The van der Waals surface area contributed by atoms with Gasteiger partial charge in [0.05, 0.1) is 9.13 Å². The number of nitrogens with zero attached hydrogens (tertiary/aromatic N) is 1. The number of hydrogen-bond acceptors (Lipinski definition) is 4. The summed E-state index contributed by atoms with van der Waals surface area (Å²) >= 11 is 6.13. The Morgan fingerprint density at radius 3 is 2.59 bits per heavy atom. The zero-order valence-corrected chi connectivity index (χ0v) is 28.3. The lowest BCUT2D eigenvalue weighted by Crippen LogP contribution is -2.27. The molecule has 1 amide bonds. The highest BCUT2D eigenvalue weighted by Gasteiger charge is 2.33. The summed E-state index contributed by atoms with van der Waals surface area (Å²) in [6.07, 6.45) is 4.63. The summed E-state index contributed by atoms with van der Waals surface area (Å²) in [6.45, 7) is 6.98. The van der Waals surface area contributed by atoms with Crippen LogP contribution in [0.4, 0.5) is 15.1 Å². The maximum Gasteiger partial charge on any atom is 0.259 e. The first-order valence-electron chi connectivity index (χ1n) is 13.5. The van der Waals surface area contributed by atoms with Crippen molar-refractivity contribution >= 4 is 79.3 Å². The molecule has 0 fully saturated rings. The van der Waals surface area contributed by atoms with E-state index in [9.17, 15) is 9.18 Å². The molecule has 0 aliphatic heterocycles. The molecule has 1 aromatic heterocycles. The van der Waals surface area contributed by atoms with Crippen LogP contribution in [0.25, 0.3) is 0 Å². The minimum atomic E-state index is -0.296. The molecule has 212 valence electrons. The lowest BCUT2D eigenvalue weighted by atomic mass is 9.72. The fourth-order valence-electron chi connectivity index (χ4n) is 5.07. The van der Waals surface area contributed by atoms with Crippen LogP contribution in [0.1, 0.15) is 59.1 Å². The molecule has 3 aromatic carbocycles. The van der Waals surface area contributed by atoms with Gasteiger partial charge in [-0.1, -0.05) is 57.2 Å². The fraction of sp³-hybridized carbons (Fsp3) is 0.273. The number of amides is 1. The van der Waals surface area contributed by atoms with E-state index >= 15 is 0 Å². The van der Waals surface area contributed by atoms with Crippen molar-refractivity contribution in [1.29, 1.82) is 0 Å². The van der Waals surface area contributed by atoms with E-state index in [4.69, 9.17) is 9.73 Å². The number of carbonyl (C=O) groups excluding carboxylic acids is 1. The number of aliphatic imine (C=N–C) groups is 1. The second kappa shape index (κ2) is 12.9. The van der Waals surface area contributed by atoms with E-state index in [1.54, 1.807) is 35.8 Å². The van der Waals surface area contributed by atoms with Gasteiger partial charge in [0.1, 0.15) is 23.2 Å². The number of halogens is 3. The third-order valence-corrected chi connectivity index (χ3v) is 10.0. The topological polar surface area (TPSA) is 50.7 Å². The highest BCUT2D eigenvalue weighted by Crippen LogP contribution is 2.45. The third kappa shape index (κ3) is 7.19. The van der Waals surface area contributed by atoms with Crippen molar-refractivity contribution in [1.82, 2.24) is 0 Å². The molecule has 0 saturated heterocycles. The van der Waals surface area contributed by atoms with E-state index in [1.807, 2.05) is 42.5 Å². The Hall–Kier alpha value is -2.31. The lowest BCUT2D eigenvalue weighted by molar-refractivity contribution is 0.102. The van der Waals surface area contributed by atoms with Crippen LogP contribution in [0.15, 0.2) is 71.7 Å². The first kappa shape index (κ1) is 30.2. The zero-order valence-electron chi connectivity index (χ0n) is 23.1. The van der Waals surface area contributed by atoms with Crippen molar-refractivity contribution in [3.05, 3.63) is 107 Å². The summed E-state index contributed by atoms with van der Waals surface area (Å²) in [5.41, 5.74) is 4.00. The summed E-state index contributed by atoms with van der Waals surface area (Å²) in [5, 5.41) is 3.78. The molecule has 4 aromatic rings. The number of anilines is 1. The second-order valence-corrected chi connectivity index (χ2v) is 14.7. The van der Waals surface area contributed by atoms with Gasteiger partial charge in [-0.25, -0.2) is 9.38 Å². The number of thiophene rings is 1. The number of rotatable bonds is 7. The van der Waals surface area contributed by atoms with E-state index in [2.05, 4.69) is 71.3 Å². The first-order chi connectivity index (χ1) is 19.6. The van der Waals surface area contributed by atoms with Gasteiger partial charge >= 0.3 is 0 Å². The largest absolute Gasteiger partial charge is 0.487 e. The van der Waals surface area contributed by atoms with E-state index < -0.39 is 0 Å². The average molecular weight is 792 g/mol. The van der Waals surface area contributed by atoms with Crippen LogP contribution in [0.3, 0.4) is 0 Å².